The van der Waals surface area contributed by atoms with E-state index in [0.29, 0.717) is 17.8 Å². The molecule has 3 aromatic carbocycles. The van der Waals surface area contributed by atoms with Gasteiger partial charge < -0.3 is 8.85 Å². The first-order valence-corrected chi connectivity index (χ1v) is 14.3. The molecule has 3 aromatic rings. The van der Waals surface area contributed by atoms with Crippen molar-refractivity contribution >= 4 is 18.9 Å². The van der Waals surface area contributed by atoms with Gasteiger partial charge >= 0.3 is 8.56 Å². The first-order valence-electron chi connectivity index (χ1n) is 12.5. The average molecular weight is 459 g/mol. The van der Waals surface area contributed by atoms with Crippen molar-refractivity contribution in [1.82, 2.24) is 0 Å². The molecule has 3 heteroatoms. The maximum atomic E-state index is 7.40. The van der Waals surface area contributed by atoms with Crippen LogP contribution >= 0.6 is 0 Å². The van der Waals surface area contributed by atoms with Crippen molar-refractivity contribution in [3.05, 3.63) is 96.6 Å². The molecular formula is C30H38O2Si. The van der Waals surface area contributed by atoms with Gasteiger partial charge in [0.2, 0.25) is 0 Å². The van der Waals surface area contributed by atoms with E-state index in [1.807, 2.05) is 0 Å². The summed E-state index contributed by atoms with van der Waals surface area (Å²) in [5, 5.41) is 2.36. The zero-order valence-electron chi connectivity index (χ0n) is 20.5. The molecule has 0 radical (unpaired) electrons. The molecule has 1 aliphatic rings. The van der Waals surface area contributed by atoms with Gasteiger partial charge in [-0.05, 0) is 53.5 Å². The lowest BCUT2D eigenvalue weighted by Crippen LogP contribution is -2.66. The molecule has 1 aliphatic carbocycles. The molecule has 33 heavy (non-hydrogen) atoms. The van der Waals surface area contributed by atoms with Crippen LogP contribution in [0.15, 0.2) is 91.0 Å². The second-order valence-electron chi connectivity index (χ2n) is 10.0. The van der Waals surface area contributed by atoms with E-state index in [9.17, 15) is 0 Å². The maximum Gasteiger partial charge on any atom is 0.407 e. The Morgan fingerprint density at radius 3 is 1.76 bits per heavy atom. The van der Waals surface area contributed by atoms with Crippen LogP contribution < -0.4 is 10.4 Å². The zero-order valence-corrected chi connectivity index (χ0v) is 21.5. The fraction of sp³-hybridized carbons (Fsp3) is 0.400. The molecule has 4 unspecified atom stereocenters. The molecule has 0 spiro atoms. The Hall–Kier alpha value is -2.20. The van der Waals surface area contributed by atoms with Gasteiger partial charge in [-0.3, -0.25) is 0 Å². The van der Waals surface area contributed by atoms with Crippen LogP contribution in [0.4, 0.5) is 0 Å². The third-order valence-electron chi connectivity index (χ3n) is 7.20. The first-order chi connectivity index (χ1) is 16.0. The van der Waals surface area contributed by atoms with Crippen LogP contribution in [0.25, 0.3) is 0 Å². The SMILES string of the molecule is CC1CCC(C(C)C)C(O[Si](OC(C)c2ccccc2)(c2ccccc2)c2ccccc2)C1. The number of hydrogen-bond donors (Lipinski definition) is 0. The molecule has 1 saturated carbocycles. The van der Waals surface area contributed by atoms with Gasteiger partial charge in [0.25, 0.3) is 0 Å². The summed E-state index contributed by atoms with van der Waals surface area (Å²) < 4.78 is 14.6. The summed E-state index contributed by atoms with van der Waals surface area (Å²) in [4.78, 5) is 0. The summed E-state index contributed by atoms with van der Waals surface area (Å²) in [6, 6.07) is 32.0. The van der Waals surface area contributed by atoms with Crippen molar-refractivity contribution in [2.24, 2.45) is 17.8 Å². The quantitative estimate of drug-likeness (QED) is 0.359. The standard InChI is InChI=1S/C30H38O2Si/c1-23(2)29-21-20-24(3)22-30(29)32-33(27-16-10-6-11-17-27,28-18-12-7-13-19-28)31-25(4)26-14-8-5-9-15-26/h5-19,23-25,29-30H,20-22H2,1-4H3. The second-order valence-corrected chi connectivity index (χ2v) is 12.9. The molecule has 2 nitrogen and oxygen atoms in total. The van der Waals surface area contributed by atoms with E-state index in [2.05, 4.69) is 119 Å². The highest BCUT2D eigenvalue weighted by Gasteiger charge is 2.48. The highest BCUT2D eigenvalue weighted by atomic mass is 28.4. The molecule has 4 rings (SSSR count). The molecule has 1 fully saturated rings. The van der Waals surface area contributed by atoms with Gasteiger partial charge in [-0.1, -0.05) is 118 Å². The van der Waals surface area contributed by atoms with Crippen LogP contribution in [0.5, 0.6) is 0 Å². The van der Waals surface area contributed by atoms with Crippen LogP contribution in [0.1, 0.15) is 58.6 Å². The van der Waals surface area contributed by atoms with Gasteiger partial charge in [0.05, 0.1) is 12.2 Å². The summed E-state index contributed by atoms with van der Waals surface area (Å²) in [5.41, 5.74) is 1.18. The minimum absolute atomic E-state index is 0.0724. The van der Waals surface area contributed by atoms with E-state index in [1.165, 1.54) is 28.8 Å². The normalized spacial score (nSPS) is 22.3. The van der Waals surface area contributed by atoms with Crippen molar-refractivity contribution in [2.45, 2.75) is 59.2 Å². The highest BCUT2D eigenvalue weighted by molar-refractivity contribution is 6.92. The number of hydrogen-bond acceptors (Lipinski definition) is 2. The van der Waals surface area contributed by atoms with Crippen molar-refractivity contribution in [3.8, 4) is 0 Å². The molecule has 0 heterocycles. The van der Waals surface area contributed by atoms with Crippen molar-refractivity contribution in [3.63, 3.8) is 0 Å². The Labute approximate surface area is 201 Å². The maximum absolute atomic E-state index is 7.40. The van der Waals surface area contributed by atoms with E-state index in [1.54, 1.807) is 0 Å². The molecule has 0 bridgehead atoms. The second kappa shape index (κ2) is 10.8. The Kier molecular flexibility index (Phi) is 7.85. The van der Waals surface area contributed by atoms with Crippen LogP contribution in [0.2, 0.25) is 0 Å². The predicted octanol–water partition coefficient (Wildman–Crippen LogP) is 6.50. The largest absolute Gasteiger partial charge is 0.407 e. The topological polar surface area (TPSA) is 18.5 Å². The van der Waals surface area contributed by atoms with Crippen molar-refractivity contribution < 1.29 is 8.85 Å². The third kappa shape index (κ3) is 5.48. The van der Waals surface area contributed by atoms with Gasteiger partial charge in [0.15, 0.2) is 0 Å². The Bertz CT molecular complexity index is 934. The van der Waals surface area contributed by atoms with Crippen LogP contribution in [-0.2, 0) is 8.85 Å². The smallest absolute Gasteiger partial charge is 0.384 e. The van der Waals surface area contributed by atoms with Crippen molar-refractivity contribution in [1.29, 1.82) is 0 Å². The lowest BCUT2D eigenvalue weighted by Gasteiger charge is -2.43. The van der Waals surface area contributed by atoms with Gasteiger partial charge in [-0.2, -0.15) is 0 Å². The van der Waals surface area contributed by atoms with E-state index >= 15 is 0 Å². The van der Waals surface area contributed by atoms with Crippen molar-refractivity contribution in [2.75, 3.05) is 0 Å². The van der Waals surface area contributed by atoms with E-state index in [4.69, 9.17) is 8.85 Å². The van der Waals surface area contributed by atoms with E-state index in [-0.39, 0.29) is 12.2 Å². The van der Waals surface area contributed by atoms with E-state index < -0.39 is 8.56 Å². The summed E-state index contributed by atoms with van der Waals surface area (Å²) in [6.45, 7) is 9.22. The monoisotopic (exact) mass is 458 g/mol. The fourth-order valence-corrected chi connectivity index (χ4v) is 8.81. The zero-order chi connectivity index (χ0) is 23.3. The molecule has 0 saturated heterocycles. The van der Waals surface area contributed by atoms with Gasteiger partial charge in [0.1, 0.15) is 0 Å². The molecular weight excluding hydrogens is 420 g/mol. The predicted molar refractivity (Wildman–Crippen MR) is 140 cm³/mol. The Morgan fingerprint density at radius 1 is 0.727 bits per heavy atom. The third-order valence-corrected chi connectivity index (χ3v) is 10.7. The Balaban J connectivity index is 1.82. The summed E-state index contributed by atoms with van der Waals surface area (Å²) >= 11 is 0. The average Bonchev–Trinajstić information content (AvgIpc) is 2.85. The summed E-state index contributed by atoms with van der Waals surface area (Å²) in [5.74, 6) is 1.82. The number of rotatable bonds is 8. The minimum atomic E-state index is -3.00. The molecule has 4 atom stereocenters. The minimum Gasteiger partial charge on any atom is -0.384 e. The van der Waals surface area contributed by atoms with E-state index in [0.717, 1.165) is 6.42 Å². The molecule has 0 amide bonds. The van der Waals surface area contributed by atoms with Gasteiger partial charge in [-0.15, -0.1) is 0 Å². The van der Waals surface area contributed by atoms with Crippen LogP contribution in [-0.4, -0.2) is 14.7 Å². The number of benzene rings is 3. The first kappa shape index (κ1) is 23.9. The lowest BCUT2D eigenvalue weighted by atomic mass is 9.75. The summed E-state index contributed by atoms with van der Waals surface area (Å²) in [7, 11) is -3.00. The fourth-order valence-electron chi connectivity index (χ4n) is 5.29. The molecule has 0 aromatic heterocycles. The van der Waals surface area contributed by atoms with Gasteiger partial charge in [-0.25, -0.2) is 0 Å². The molecule has 174 valence electrons. The van der Waals surface area contributed by atoms with Crippen LogP contribution in [0.3, 0.4) is 0 Å². The molecule has 0 aliphatic heterocycles. The lowest BCUT2D eigenvalue weighted by molar-refractivity contribution is 0.0126. The molecule has 0 N–H and O–H groups in total. The highest BCUT2D eigenvalue weighted by Crippen LogP contribution is 2.37. The van der Waals surface area contributed by atoms with Crippen LogP contribution in [0, 0.1) is 17.8 Å². The Morgan fingerprint density at radius 2 is 1.24 bits per heavy atom. The summed E-state index contributed by atoms with van der Waals surface area (Å²) in [6.07, 6.45) is 3.74. The van der Waals surface area contributed by atoms with Gasteiger partial charge in [0, 0.05) is 0 Å².